The average Bonchev–Trinajstić information content (AvgIpc) is 2.87. The molecule has 0 aromatic heterocycles. The molecule has 13 heteroatoms. The highest BCUT2D eigenvalue weighted by molar-refractivity contribution is 7.79. The van der Waals surface area contributed by atoms with Gasteiger partial charge in [-0.3, -0.25) is 29.0 Å². The van der Waals surface area contributed by atoms with Crippen LogP contribution in [0.5, 0.6) is 0 Å². The second-order valence-electron chi connectivity index (χ2n) is 9.68. The van der Waals surface area contributed by atoms with E-state index in [4.69, 9.17) is 39.8 Å². The van der Waals surface area contributed by atoms with Crippen molar-refractivity contribution >= 4 is 22.3 Å². The molecule has 0 bridgehead atoms. The summed E-state index contributed by atoms with van der Waals surface area (Å²) in [5.74, 6) is 0.389. The third-order valence-electron chi connectivity index (χ3n) is 6.48. The Balaban J connectivity index is 0.000000234. The van der Waals surface area contributed by atoms with Gasteiger partial charge in [0.25, 0.3) is 0 Å². The Bertz CT molecular complexity index is 1060. The first-order valence-corrected chi connectivity index (χ1v) is 14.0. The van der Waals surface area contributed by atoms with Crippen LogP contribution in [-0.2, 0) is 23.5 Å². The number of guanidine groups is 2. The predicted molar refractivity (Wildman–Crippen MR) is 150 cm³/mol. The number of piperazine rings is 2. The smallest absolute Gasteiger partial charge is 0.188 e. The average molecular weight is 561 g/mol. The van der Waals surface area contributed by atoms with Crippen LogP contribution in [0.3, 0.4) is 0 Å². The van der Waals surface area contributed by atoms with E-state index in [1.54, 1.807) is 0 Å². The van der Waals surface area contributed by atoms with E-state index in [1.807, 2.05) is 9.80 Å². The summed E-state index contributed by atoms with van der Waals surface area (Å²) in [6, 6.07) is 17.4. The number of hydrogen-bond acceptors (Lipinski definition) is 8. The van der Waals surface area contributed by atoms with Gasteiger partial charge in [-0.1, -0.05) is 59.7 Å². The van der Waals surface area contributed by atoms with Crippen molar-refractivity contribution in [3.8, 4) is 0 Å². The van der Waals surface area contributed by atoms with E-state index in [0.29, 0.717) is 0 Å². The van der Waals surface area contributed by atoms with Crippen LogP contribution in [-0.4, -0.2) is 101 Å². The number of rotatable bonds is 4. The maximum absolute atomic E-state index is 8.52. The largest absolute Gasteiger partial charge is 0.759 e. The zero-order valence-corrected chi connectivity index (χ0v) is 23.5. The number of aryl methyl sites for hydroxylation is 2. The molecule has 6 N–H and O–H groups in total. The second kappa shape index (κ2) is 15.4. The summed E-state index contributed by atoms with van der Waals surface area (Å²) in [6.45, 7) is 13.6. The van der Waals surface area contributed by atoms with Crippen LogP contribution in [0.1, 0.15) is 22.3 Å². The van der Waals surface area contributed by atoms with Crippen LogP contribution in [0.15, 0.2) is 48.5 Å². The van der Waals surface area contributed by atoms with Gasteiger partial charge in [0.1, 0.15) is 0 Å². The summed E-state index contributed by atoms with van der Waals surface area (Å²) in [5.41, 5.74) is 16.3. The lowest BCUT2D eigenvalue weighted by Crippen LogP contribution is -2.50. The van der Waals surface area contributed by atoms with Gasteiger partial charge in [-0.25, -0.2) is 0 Å². The summed E-state index contributed by atoms with van der Waals surface area (Å²) in [7, 11) is -5.17. The van der Waals surface area contributed by atoms with Crippen molar-refractivity contribution < 1.29 is 17.5 Å². The van der Waals surface area contributed by atoms with Gasteiger partial charge in [0.2, 0.25) is 0 Å². The molecule has 0 saturated carbocycles. The Hall–Kier alpha value is -3.23. The highest BCUT2D eigenvalue weighted by Gasteiger charge is 2.18. The normalized spacial score (nSPS) is 16.4. The molecular formula is C26H40N8O4S-2. The number of nitrogens with one attached hydrogen (secondary N) is 2. The molecule has 2 saturated heterocycles. The van der Waals surface area contributed by atoms with E-state index in [-0.39, 0.29) is 11.9 Å². The first-order valence-electron chi connectivity index (χ1n) is 12.7. The highest BCUT2D eigenvalue weighted by atomic mass is 32.3. The number of nitrogens with two attached hydrogens (primary N) is 2. The summed E-state index contributed by atoms with van der Waals surface area (Å²) >= 11 is 0. The molecule has 2 aromatic carbocycles. The van der Waals surface area contributed by atoms with Crippen molar-refractivity contribution in [1.82, 2.24) is 19.6 Å². The van der Waals surface area contributed by atoms with Crippen molar-refractivity contribution in [2.24, 2.45) is 11.5 Å². The SMILES string of the molecule is Cc1ccc(CN2CCN(C(=N)N)CC2)cc1.Cc1ccc(CN2CCN(C(=N)N)CC2)cc1.O=S(=O)([O-])[O-]. The molecule has 4 rings (SSSR count). The van der Waals surface area contributed by atoms with Gasteiger partial charge in [-0.2, -0.15) is 0 Å². The van der Waals surface area contributed by atoms with Crippen molar-refractivity contribution in [3.05, 3.63) is 70.8 Å². The minimum atomic E-state index is -5.17. The molecule has 2 fully saturated rings. The summed E-state index contributed by atoms with van der Waals surface area (Å²) in [6.07, 6.45) is 0. The van der Waals surface area contributed by atoms with Gasteiger partial charge < -0.3 is 30.4 Å². The van der Waals surface area contributed by atoms with Crippen molar-refractivity contribution in [3.63, 3.8) is 0 Å². The fraction of sp³-hybridized carbons (Fsp3) is 0.462. The molecule has 12 nitrogen and oxygen atoms in total. The van der Waals surface area contributed by atoms with Crippen LogP contribution < -0.4 is 11.5 Å². The minimum absolute atomic E-state index is 0.194. The minimum Gasteiger partial charge on any atom is -0.759 e. The molecule has 0 radical (unpaired) electrons. The summed E-state index contributed by atoms with van der Waals surface area (Å²) in [4.78, 5) is 8.66. The first kappa shape index (κ1) is 32.0. The quantitative estimate of drug-likeness (QED) is 0.179. The standard InChI is InChI=1S/2C13H20N4.H2O4S/c2*1-11-2-4-12(5-3-11)10-16-6-8-17(9-7-16)13(14)15;1-5(2,3)4/h2*2-5H,6-10H2,1H3,(H3,14,15);(H2,1,2,3,4)/p-2. The molecular weight excluding hydrogens is 520 g/mol. The van der Waals surface area contributed by atoms with Crippen molar-refractivity contribution in [1.29, 1.82) is 10.8 Å². The fourth-order valence-corrected chi connectivity index (χ4v) is 4.20. The lowest BCUT2D eigenvalue weighted by molar-refractivity contribution is 0.174. The van der Waals surface area contributed by atoms with E-state index in [1.165, 1.54) is 22.3 Å². The molecule has 2 heterocycles. The van der Waals surface area contributed by atoms with Gasteiger partial charge in [0.15, 0.2) is 11.9 Å². The zero-order chi connectivity index (χ0) is 29.0. The van der Waals surface area contributed by atoms with Crippen molar-refractivity contribution in [2.45, 2.75) is 26.9 Å². The Morgan fingerprint density at radius 3 is 1.15 bits per heavy atom. The highest BCUT2D eigenvalue weighted by Crippen LogP contribution is 2.10. The van der Waals surface area contributed by atoms with E-state index in [0.717, 1.165) is 65.4 Å². The molecule has 216 valence electrons. The maximum atomic E-state index is 8.52. The van der Waals surface area contributed by atoms with Crippen LogP contribution in [0, 0.1) is 24.7 Å². The summed E-state index contributed by atoms with van der Waals surface area (Å²) in [5, 5.41) is 14.8. The van der Waals surface area contributed by atoms with Crippen LogP contribution in [0.4, 0.5) is 0 Å². The van der Waals surface area contributed by atoms with Crippen LogP contribution >= 0.6 is 0 Å². The van der Waals surface area contributed by atoms with E-state index in [2.05, 4.69) is 72.2 Å². The zero-order valence-electron chi connectivity index (χ0n) is 22.7. The second-order valence-corrected chi connectivity index (χ2v) is 10.5. The van der Waals surface area contributed by atoms with Crippen LogP contribution in [0.25, 0.3) is 0 Å². The Labute approximate surface area is 231 Å². The third kappa shape index (κ3) is 13.4. The monoisotopic (exact) mass is 560 g/mol. The molecule has 0 amide bonds. The first-order chi connectivity index (χ1) is 18.3. The van der Waals surface area contributed by atoms with Gasteiger partial charge in [-0.05, 0) is 25.0 Å². The Kier molecular flexibility index (Phi) is 12.6. The lowest BCUT2D eigenvalue weighted by atomic mass is 10.1. The van der Waals surface area contributed by atoms with E-state index in [9.17, 15) is 0 Å². The van der Waals surface area contributed by atoms with Gasteiger partial charge in [0.05, 0.1) is 0 Å². The Morgan fingerprint density at radius 1 is 0.667 bits per heavy atom. The Morgan fingerprint density at radius 2 is 0.923 bits per heavy atom. The predicted octanol–water partition coefficient (Wildman–Crippen LogP) is 0.674. The molecule has 0 unspecified atom stereocenters. The molecule has 2 aliphatic rings. The van der Waals surface area contributed by atoms with Gasteiger partial charge in [-0.15, -0.1) is 0 Å². The molecule has 39 heavy (non-hydrogen) atoms. The van der Waals surface area contributed by atoms with Gasteiger partial charge in [0, 0.05) is 75.8 Å². The molecule has 0 spiro atoms. The van der Waals surface area contributed by atoms with E-state index >= 15 is 0 Å². The maximum Gasteiger partial charge on any atom is 0.188 e. The fourth-order valence-electron chi connectivity index (χ4n) is 4.20. The number of hydrogen-bond donors (Lipinski definition) is 4. The summed E-state index contributed by atoms with van der Waals surface area (Å²) < 4.78 is 34.1. The number of benzene rings is 2. The third-order valence-corrected chi connectivity index (χ3v) is 6.48. The number of nitrogens with zero attached hydrogens (tertiary/aromatic N) is 4. The van der Waals surface area contributed by atoms with Gasteiger partial charge >= 0.3 is 0 Å². The van der Waals surface area contributed by atoms with E-state index < -0.39 is 10.4 Å². The molecule has 0 atom stereocenters. The molecule has 0 aliphatic carbocycles. The van der Waals surface area contributed by atoms with Crippen LogP contribution in [0.2, 0.25) is 0 Å². The topological polar surface area (TPSA) is 193 Å². The lowest BCUT2D eigenvalue weighted by Gasteiger charge is -2.34. The van der Waals surface area contributed by atoms with Crippen molar-refractivity contribution in [2.75, 3.05) is 52.4 Å². The molecule has 2 aromatic rings. The molecule has 2 aliphatic heterocycles.